The van der Waals surface area contributed by atoms with Crippen LogP contribution in [0.3, 0.4) is 0 Å². The van der Waals surface area contributed by atoms with E-state index in [1.165, 1.54) is 0 Å². The molecule has 0 saturated carbocycles. The van der Waals surface area contributed by atoms with Gasteiger partial charge in [0.25, 0.3) is 0 Å². The molecule has 114 valence electrons. The molecular formula is C17H15N5O. The Morgan fingerprint density at radius 1 is 1.35 bits per heavy atom. The van der Waals surface area contributed by atoms with Gasteiger partial charge >= 0.3 is 0 Å². The number of aromatic nitrogens is 2. The largest absolute Gasteiger partial charge is 0.384 e. The zero-order valence-corrected chi connectivity index (χ0v) is 12.2. The molecule has 2 aromatic heterocycles. The summed E-state index contributed by atoms with van der Waals surface area (Å²) in [5, 5.41) is 21.9. The van der Waals surface area contributed by atoms with Crippen LogP contribution in [0.5, 0.6) is 0 Å². The van der Waals surface area contributed by atoms with Gasteiger partial charge in [0, 0.05) is 45.7 Å². The molecule has 4 rings (SSSR count). The molecule has 3 heterocycles. The lowest BCUT2D eigenvalue weighted by Gasteiger charge is -2.05. The number of nitrogen functional groups attached to an aromatic ring is 1. The van der Waals surface area contributed by atoms with E-state index >= 15 is 0 Å². The van der Waals surface area contributed by atoms with Gasteiger partial charge in [-0.15, -0.1) is 0 Å². The van der Waals surface area contributed by atoms with E-state index in [9.17, 15) is 5.11 Å². The van der Waals surface area contributed by atoms with E-state index in [-0.39, 0.29) is 5.84 Å². The highest BCUT2D eigenvalue weighted by atomic mass is 16.3. The number of aromatic amines is 1. The van der Waals surface area contributed by atoms with Gasteiger partial charge in [-0.25, -0.2) is 4.98 Å². The van der Waals surface area contributed by atoms with Crippen LogP contribution in [0.1, 0.15) is 16.7 Å². The third kappa shape index (κ3) is 2.16. The summed E-state index contributed by atoms with van der Waals surface area (Å²) >= 11 is 0. The minimum absolute atomic E-state index is 0.00448. The second-order valence-corrected chi connectivity index (χ2v) is 5.46. The fourth-order valence-electron chi connectivity index (χ4n) is 2.87. The first-order valence-electron chi connectivity index (χ1n) is 7.20. The second-order valence-electron chi connectivity index (χ2n) is 5.46. The number of aliphatic hydroxyl groups is 1. The average molecular weight is 305 g/mol. The third-order valence-corrected chi connectivity index (χ3v) is 4.02. The molecule has 6 heteroatoms. The summed E-state index contributed by atoms with van der Waals surface area (Å²) in [6.07, 6.45) is 4.72. The van der Waals surface area contributed by atoms with E-state index in [1.807, 2.05) is 36.5 Å². The van der Waals surface area contributed by atoms with Crippen molar-refractivity contribution < 1.29 is 5.11 Å². The van der Waals surface area contributed by atoms with Crippen molar-refractivity contribution >= 4 is 34.2 Å². The van der Waals surface area contributed by atoms with Crippen LogP contribution >= 0.6 is 0 Å². The number of rotatable bonds is 2. The van der Waals surface area contributed by atoms with Gasteiger partial charge in [-0.05, 0) is 36.4 Å². The van der Waals surface area contributed by atoms with E-state index in [1.54, 1.807) is 12.3 Å². The maximum Gasteiger partial charge on any atom is 0.151 e. The van der Waals surface area contributed by atoms with Crippen LogP contribution in [0.2, 0.25) is 0 Å². The standard InChI is InChI=1S/C17H15N5O/c18-15(19)9-3-4-14-12(6-9)13(17(23)22-14)7-10-8-21-16-11(10)2-1-5-20-16/h1-8,17,22-23H,(H3,18,19)(H,20,21). The number of pyridine rings is 1. The number of aliphatic hydroxyl groups excluding tert-OH is 1. The zero-order valence-electron chi connectivity index (χ0n) is 12.2. The minimum Gasteiger partial charge on any atom is -0.384 e. The number of fused-ring (bicyclic) bond motifs is 2. The van der Waals surface area contributed by atoms with Crippen LogP contribution in [0.4, 0.5) is 5.69 Å². The van der Waals surface area contributed by atoms with Crippen molar-refractivity contribution in [1.82, 2.24) is 9.97 Å². The number of hydrogen-bond donors (Lipinski definition) is 5. The highest BCUT2D eigenvalue weighted by molar-refractivity contribution is 6.02. The lowest BCUT2D eigenvalue weighted by atomic mass is 10.0. The molecule has 1 aromatic carbocycles. The van der Waals surface area contributed by atoms with E-state index in [0.29, 0.717) is 5.56 Å². The van der Waals surface area contributed by atoms with Crippen molar-refractivity contribution in [3.8, 4) is 0 Å². The quantitative estimate of drug-likeness (QED) is 0.369. The first-order chi connectivity index (χ1) is 11.1. The number of H-pyrrole nitrogens is 1. The lowest BCUT2D eigenvalue weighted by molar-refractivity contribution is 0.266. The summed E-state index contributed by atoms with van der Waals surface area (Å²) in [7, 11) is 0. The molecule has 3 aromatic rings. The summed E-state index contributed by atoms with van der Waals surface area (Å²) in [5.41, 5.74) is 10.4. The summed E-state index contributed by atoms with van der Waals surface area (Å²) < 4.78 is 0. The number of hydrogen-bond acceptors (Lipinski definition) is 4. The molecule has 1 unspecified atom stereocenters. The first-order valence-corrected chi connectivity index (χ1v) is 7.20. The number of nitrogens with two attached hydrogens (primary N) is 1. The van der Waals surface area contributed by atoms with Gasteiger partial charge in [-0.1, -0.05) is 0 Å². The minimum atomic E-state index is -0.797. The summed E-state index contributed by atoms with van der Waals surface area (Å²) in [6.45, 7) is 0. The number of nitrogens with zero attached hydrogens (tertiary/aromatic N) is 1. The van der Waals surface area contributed by atoms with Crippen molar-refractivity contribution in [3.05, 3.63) is 59.4 Å². The topological polar surface area (TPSA) is 111 Å². The maximum atomic E-state index is 10.3. The molecule has 0 fully saturated rings. The molecule has 1 aliphatic rings. The lowest BCUT2D eigenvalue weighted by Crippen LogP contribution is -2.12. The Balaban J connectivity index is 1.86. The Morgan fingerprint density at radius 3 is 3.04 bits per heavy atom. The maximum absolute atomic E-state index is 10.3. The highest BCUT2D eigenvalue weighted by Gasteiger charge is 2.25. The van der Waals surface area contributed by atoms with Gasteiger partial charge in [0.1, 0.15) is 11.5 Å². The fraction of sp³-hybridized carbons (Fsp3) is 0.0588. The molecule has 0 saturated heterocycles. The van der Waals surface area contributed by atoms with Gasteiger partial charge in [0.05, 0.1) is 0 Å². The number of benzene rings is 1. The van der Waals surface area contributed by atoms with Gasteiger partial charge in [0.2, 0.25) is 0 Å². The predicted molar refractivity (Wildman–Crippen MR) is 91.1 cm³/mol. The number of amidine groups is 1. The Labute approximate surface area is 132 Å². The van der Waals surface area contributed by atoms with Crippen LogP contribution in [0.15, 0.2) is 42.7 Å². The SMILES string of the molecule is N=C(N)c1ccc2c(c1)C(=Cc1c[nH]c3ncccc13)C(O)N2. The molecule has 0 amide bonds. The molecule has 0 radical (unpaired) electrons. The number of nitrogens with one attached hydrogen (secondary N) is 3. The van der Waals surface area contributed by atoms with Crippen molar-refractivity contribution in [2.45, 2.75) is 6.23 Å². The second kappa shape index (κ2) is 4.96. The number of anilines is 1. The Bertz CT molecular complexity index is 957. The third-order valence-electron chi connectivity index (χ3n) is 4.02. The smallest absolute Gasteiger partial charge is 0.151 e. The van der Waals surface area contributed by atoms with Gasteiger partial charge < -0.3 is 21.1 Å². The fourth-order valence-corrected chi connectivity index (χ4v) is 2.87. The average Bonchev–Trinajstić information content (AvgIpc) is 3.09. The molecule has 0 bridgehead atoms. The van der Waals surface area contributed by atoms with E-state index < -0.39 is 6.23 Å². The molecular weight excluding hydrogens is 290 g/mol. The Kier molecular flexibility index (Phi) is 2.92. The van der Waals surface area contributed by atoms with E-state index in [0.717, 1.165) is 33.4 Å². The molecule has 1 aliphatic heterocycles. The molecule has 6 nitrogen and oxygen atoms in total. The van der Waals surface area contributed by atoms with Gasteiger partial charge in [-0.2, -0.15) is 0 Å². The van der Waals surface area contributed by atoms with Gasteiger partial charge in [0.15, 0.2) is 6.23 Å². The van der Waals surface area contributed by atoms with Gasteiger partial charge in [-0.3, -0.25) is 5.41 Å². The first kappa shape index (κ1) is 13.5. The zero-order chi connectivity index (χ0) is 16.0. The summed E-state index contributed by atoms with van der Waals surface area (Å²) in [4.78, 5) is 7.39. The summed E-state index contributed by atoms with van der Waals surface area (Å²) in [5.74, 6) is 0.00448. The summed E-state index contributed by atoms with van der Waals surface area (Å²) in [6, 6.07) is 9.27. The molecule has 1 atom stereocenters. The van der Waals surface area contributed by atoms with Crippen molar-refractivity contribution in [2.24, 2.45) is 5.73 Å². The van der Waals surface area contributed by atoms with Crippen LogP contribution in [0, 0.1) is 5.41 Å². The highest BCUT2D eigenvalue weighted by Crippen LogP contribution is 2.36. The molecule has 6 N–H and O–H groups in total. The van der Waals surface area contributed by atoms with Crippen molar-refractivity contribution in [1.29, 1.82) is 5.41 Å². The molecule has 0 aliphatic carbocycles. The monoisotopic (exact) mass is 305 g/mol. The van der Waals surface area contributed by atoms with Crippen LogP contribution in [-0.4, -0.2) is 27.1 Å². The normalized spacial score (nSPS) is 18.1. The van der Waals surface area contributed by atoms with E-state index in [4.69, 9.17) is 11.1 Å². The Hall–Kier alpha value is -3.12. The van der Waals surface area contributed by atoms with E-state index in [2.05, 4.69) is 15.3 Å². The predicted octanol–water partition coefficient (Wildman–Crippen LogP) is 2.13. The van der Waals surface area contributed by atoms with Crippen LogP contribution in [-0.2, 0) is 0 Å². The van der Waals surface area contributed by atoms with Crippen LogP contribution in [0.25, 0.3) is 22.7 Å². The van der Waals surface area contributed by atoms with Crippen LogP contribution < -0.4 is 11.1 Å². The van der Waals surface area contributed by atoms with Crippen molar-refractivity contribution in [2.75, 3.05) is 5.32 Å². The Morgan fingerprint density at radius 2 is 2.22 bits per heavy atom. The molecule has 23 heavy (non-hydrogen) atoms. The molecule has 0 spiro atoms. The van der Waals surface area contributed by atoms with Crippen molar-refractivity contribution in [3.63, 3.8) is 0 Å².